The first kappa shape index (κ1) is 18.0. The fourth-order valence-corrected chi connectivity index (χ4v) is 3.85. The zero-order valence-electron chi connectivity index (χ0n) is 14.2. The van der Waals surface area contributed by atoms with Gasteiger partial charge in [0, 0.05) is 11.8 Å². The highest BCUT2D eigenvalue weighted by molar-refractivity contribution is 5.86. The summed E-state index contributed by atoms with van der Waals surface area (Å²) in [6.07, 6.45) is 15.1. The third-order valence-electron chi connectivity index (χ3n) is 5.31. The van der Waals surface area contributed by atoms with Gasteiger partial charge in [0.2, 0.25) is 0 Å². The van der Waals surface area contributed by atoms with Crippen LogP contribution in [-0.2, 0) is 0 Å². The van der Waals surface area contributed by atoms with Gasteiger partial charge in [-0.3, -0.25) is 0 Å². The van der Waals surface area contributed by atoms with Gasteiger partial charge >= 0.3 is 5.97 Å². The molecule has 0 aromatic carbocycles. The molecule has 3 nitrogen and oxygen atoms in total. The standard InChI is InChI=1S/C19H30FNO2/c1-2-3-4-5-6-7-8-14-9-11-15(12-10-14)16-13-21-18(17(16)20)19(22)23/h13-15,21H,2-12H2,1H3,(H,22,23). The Morgan fingerprint density at radius 2 is 1.83 bits per heavy atom. The number of aromatic carboxylic acids is 1. The highest BCUT2D eigenvalue weighted by atomic mass is 19.1. The predicted molar refractivity (Wildman–Crippen MR) is 90.4 cm³/mol. The lowest BCUT2D eigenvalue weighted by Crippen LogP contribution is -2.14. The van der Waals surface area contributed by atoms with E-state index in [9.17, 15) is 9.18 Å². The second-order valence-corrected chi connectivity index (χ2v) is 7.01. The summed E-state index contributed by atoms with van der Waals surface area (Å²) in [6, 6.07) is 0. The highest BCUT2D eigenvalue weighted by Crippen LogP contribution is 2.39. The van der Waals surface area contributed by atoms with E-state index in [2.05, 4.69) is 11.9 Å². The van der Waals surface area contributed by atoms with Gasteiger partial charge in [-0.15, -0.1) is 0 Å². The molecule has 23 heavy (non-hydrogen) atoms. The topological polar surface area (TPSA) is 53.1 Å². The number of aromatic amines is 1. The van der Waals surface area contributed by atoms with E-state index < -0.39 is 11.8 Å². The molecule has 1 heterocycles. The second-order valence-electron chi connectivity index (χ2n) is 7.01. The molecule has 0 unspecified atom stereocenters. The monoisotopic (exact) mass is 323 g/mol. The first-order chi connectivity index (χ1) is 11.1. The van der Waals surface area contributed by atoms with Crippen LogP contribution in [0.4, 0.5) is 4.39 Å². The number of aromatic nitrogens is 1. The summed E-state index contributed by atoms with van der Waals surface area (Å²) in [5.74, 6) is -0.819. The molecule has 1 aromatic rings. The van der Waals surface area contributed by atoms with Crippen LogP contribution in [0.15, 0.2) is 6.20 Å². The number of carboxylic acids is 1. The van der Waals surface area contributed by atoms with Crippen LogP contribution in [-0.4, -0.2) is 16.1 Å². The first-order valence-corrected chi connectivity index (χ1v) is 9.23. The van der Waals surface area contributed by atoms with Gasteiger partial charge in [0.25, 0.3) is 0 Å². The maximum absolute atomic E-state index is 14.1. The molecule has 0 aliphatic heterocycles. The van der Waals surface area contributed by atoms with Crippen molar-refractivity contribution in [1.29, 1.82) is 0 Å². The van der Waals surface area contributed by atoms with Gasteiger partial charge < -0.3 is 10.1 Å². The molecule has 4 heteroatoms. The Labute approximate surface area is 138 Å². The Morgan fingerprint density at radius 1 is 1.17 bits per heavy atom. The van der Waals surface area contributed by atoms with Crippen molar-refractivity contribution in [3.63, 3.8) is 0 Å². The molecule has 2 N–H and O–H groups in total. The van der Waals surface area contributed by atoms with Crippen molar-refractivity contribution in [2.75, 3.05) is 0 Å². The van der Waals surface area contributed by atoms with E-state index in [4.69, 9.17) is 5.11 Å². The molecular weight excluding hydrogens is 293 g/mol. The van der Waals surface area contributed by atoms with Crippen molar-refractivity contribution in [2.45, 2.75) is 83.5 Å². The largest absolute Gasteiger partial charge is 0.476 e. The maximum Gasteiger partial charge on any atom is 0.355 e. The van der Waals surface area contributed by atoms with Crippen LogP contribution in [0.5, 0.6) is 0 Å². The summed E-state index contributed by atoms with van der Waals surface area (Å²) >= 11 is 0. The van der Waals surface area contributed by atoms with E-state index in [0.717, 1.165) is 31.6 Å². The minimum Gasteiger partial charge on any atom is -0.476 e. The fraction of sp³-hybridized carbons (Fsp3) is 0.737. The van der Waals surface area contributed by atoms with Crippen LogP contribution in [0.25, 0.3) is 0 Å². The van der Waals surface area contributed by atoms with Crippen LogP contribution >= 0.6 is 0 Å². The number of hydrogen-bond acceptors (Lipinski definition) is 1. The van der Waals surface area contributed by atoms with E-state index in [1.807, 2.05) is 0 Å². The maximum atomic E-state index is 14.1. The summed E-state index contributed by atoms with van der Waals surface area (Å²) in [6.45, 7) is 2.24. The van der Waals surface area contributed by atoms with Crippen molar-refractivity contribution in [1.82, 2.24) is 4.98 Å². The number of carbonyl (C=O) groups is 1. The Bertz CT molecular complexity index is 490. The normalized spacial score (nSPS) is 21.5. The minimum atomic E-state index is -1.22. The number of unbranched alkanes of at least 4 members (excludes halogenated alkanes) is 5. The quantitative estimate of drug-likeness (QED) is 0.558. The van der Waals surface area contributed by atoms with E-state index >= 15 is 0 Å². The number of halogens is 1. The summed E-state index contributed by atoms with van der Waals surface area (Å²) < 4.78 is 14.1. The molecule has 0 atom stereocenters. The number of hydrogen-bond donors (Lipinski definition) is 2. The molecule has 0 bridgehead atoms. The molecule has 1 fully saturated rings. The molecule has 0 spiro atoms. The fourth-order valence-electron chi connectivity index (χ4n) is 3.85. The molecule has 130 valence electrons. The van der Waals surface area contributed by atoms with E-state index in [0.29, 0.717) is 5.56 Å². The van der Waals surface area contributed by atoms with E-state index in [1.165, 1.54) is 44.9 Å². The molecule has 1 saturated carbocycles. The number of H-pyrrole nitrogens is 1. The lowest BCUT2D eigenvalue weighted by Gasteiger charge is -2.28. The van der Waals surface area contributed by atoms with Gasteiger partial charge in [0.1, 0.15) is 0 Å². The van der Waals surface area contributed by atoms with Crippen LogP contribution in [0.1, 0.15) is 99.5 Å². The molecule has 1 aromatic heterocycles. The number of nitrogens with one attached hydrogen (secondary N) is 1. The highest BCUT2D eigenvalue weighted by Gasteiger charge is 2.27. The van der Waals surface area contributed by atoms with Crippen molar-refractivity contribution in [3.8, 4) is 0 Å². The second kappa shape index (κ2) is 9.09. The van der Waals surface area contributed by atoms with Crippen LogP contribution in [0.2, 0.25) is 0 Å². The summed E-state index contributed by atoms with van der Waals surface area (Å²) in [5.41, 5.74) is 0.273. The average molecular weight is 323 g/mol. The summed E-state index contributed by atoms with van der Waals surface area (Å²) in [5, 5.41) is 8.92. The lowest BCUT2D eigenvalue weighted by atomic mass is 9.77. The Morgan fingerprint density at radius 3 is 2.43 bits per heavy atom. The molecule has 0 radical (unpaired) electrons. The SMILES string of the molecule is CCCCCCCCC1CCC(c2c[nH]c(C(=O)O)c2F)CC1. The van der Waals surface area contributed by atoms with Crippen LogP contribution in [0.3, 0.4) is 0 Å². The van der Waals surface area contributed by atoms with Crippen molar-refractivity contribution in [3.05, 3.63) is 23.3 Å². The minimum absolute atomic E-state index is 0.181. The zero-order chi connectivity index (χ0) is 16.7. The zero-order valence-corrected chi connectivity index (χ0v) is 14.2. The summed E-state index contributed by atoms with van der Waals surface area (Å²) in [4.78, 5) is 13.5. The smallest absolute Gasteiger partial charge is 0.355 e. The van der Waals surface area contributed by atoms with Crippen molar-refractivity contribution in [2.24, 2.45) is 5.92 Å². The number of carboxylic acid groups (broad SMARTS) is 1. The molecule has 2 rings (SSSR count). The van der Waals surface area contributed by atoms with Crippen LogP contribution < -0.4 is 0 Å². The van der Waals surface area contributed by atoms with E-state index in [-0.39, 0.29) is 11.6 Å². The van der Waals surface area contributed by atoms with Gasteiger partial charge in [0.15, 0.2) is 11.5 Å². The van der Waals surface area contributed by atoms with Gasteiger partial charge in [0.05, 0.1) is 0 Å². The Kier molecular flexibility index (Phi) is 7.13. The molecule has 1 aliphatic carbocycles. The van der Waals surface area contributed by atoms with Gasteiger partial charge in [-0.05, 0) is 37.5 Å². The van der Waals surface area contributed by atoms with Gasteiger partial charge in [-0.25, -0.2) is 9.18 Å². The number of rotatable bonds is 9. The van der Waals surface area contributed by atoms with Gasteiger partial charge in [-0.2, -0.15) is 0 Å². The van der Waals surface area contributed by atoms with Crippen LogP contribution in [0, 0.1) is 11.7 Å². The first-order valence-electron chi connectivity index (χ1n) is 9.23. The summed E-state index contributed by atoms with van der Waals surface area (Å²) in [7, 11) is 0. The van der Waals surface area contributed by atoms with E-state index in [1.54, 1.807) is 6.20 Å². The third kappa shape index (κ3) is 5.08. The molecular formula is C19H30FNO2. The lowest BCUT2D eigenvalue weighted by molar-refractivity contribution is 0.0686. The molecule has 0 saturated heterocycles. The van der Waals surface area contributed by atoms with Crippen molar-refractivity contribution < 1.29 is 14.3 Å². The average Bonchev–Trinajstić information content (AvgIpc) is 2.93. The Hall–Kier alpha value is -1.32. The van der Waals surface area contributed by atoms with Gasteiger partial charge in [-0.1, -0.05) is 51.9 Å². The molecule has 1 aliphatic rings. The predicted octanol–water partition coefficient (Wildman–Crippen LogP) is 5.88. The van der Waals surface area contributed by atoms with Crippen molar-refractivity contribution >= 4 is 5.97 Å². The third-order valence-corrected chi connectivity index (χ3v) is 5.31. The molecule has 0 amide bonds. The Balaban J connectivity index is 1.71.